The average molecular weight is 1400 g/mol. The standard InChI is InChI=1S/C28H32F2O4S.C27H33F2NO4S.C18H20BNO.C6H4BO2/c1-19(8-6-11-20-9-4-3-5-10-20)24(31)16-14-21-18-28(29,30)26(32)23(21)13-7-12-22-15-17-25(35-22)27(33)34-2;1-19(8-6-11-20-9-4-3-5-10-20)23(31)15-13-21-18-27(28,29)26(33)30(21)17-7-12-22-14-16-24(35-22)25(32)34-2;1-19-20-14-8-13-17(20)18(21-19,15-9-4-2-5-10-15)16-11-6-3-7-12-16;1-2-4-6-5(3-1)8-7-9-6/h3-5,9-10,14-17,19,21,23H,6-8,11-13,18H2,1-2H3;3-5,9-10,13-16,19,21,23,31H,6-8,11-12,17-18H2,1-2H3;2-7,9-12,17H,8,13-14H2,1H3;1-4H/b16-14+;15-13+;;/t19-,21-,23?;19-,21+,23-;17-;/m011./s1. The number of aliphatic hydroxyl groups excluding tert-OH is 1. The number of hydrogen-bond acceptors (Lipinski definition) is 14. The summed E-state index contributed by atoms with van der Waals surface area (Å²) in [5.74, 6) is -9.95. The summed E-state index contributed by atoms with van der Waals surface area (Å²) in [5, 5.41) is 10.5. The van der Waals surface area contributed by atoms with Crippen LogP contribution in [0.5, 0.6) is 11.5 Å². The molecule has 3 saturated heterocycles. The molecule has 7 atom stereocenters. The van der Waals surface area contributed by atoms with Crippen molar-refractivity contribution in [2.45, 2.75) is 153 Å². The van der Waals surface area contributed by atoms with Gasteiger partial charge in [-0.15, -0.1) is 22.7 Å². The third kappa shape index (κ3) is 20.2. The molecule has 0 bridgehead atoms. The summed E-state index contributed by atoms with van der Waals surface area (Å²) >= 11 is 2.60. The highest BCUT2D eigenvalue weighted by Gasteiger charge is 2.57. The predicted molar refractivity (Wildman–Crippen MR) is 385 cm³/mol. The molecule has 1 N–H and O–H groups in total. The van der Waals surface area contributed by atoms with Crippen LogP contribution in [0, 0.1) is 23.7 Å². The number of amides is 1. The van der Waals surface area contributed by atoms with Gasteiger partial charge in [0.25, 0.3) is 5.91 Å². The third-order valence-electron chi connectivity index (χ3n) is 19.2. The number of rotatable bonds is 26. The minimum Gasteiger partial charge on any atom is -0.524 e. The van der Waals surface area contributed by atoms with Crippen molar-refractivity contribution < 1.29 is 70.1 Å². The van der Waals surface area contributed by atoms with E-state index < -0.39 is 72.3 Å². The molecule has 527 valence electrons. The molecule has 12 rings (SSSR count). The fourth-order valence-electron chi connectivity index (χ4n) is 13.7. The normalized spacial score (nSPS) is 20.1. The summed E-state index contributed by atoms with van der Waals surface area (Å²) in [7, 11) is 4.14. The number of ether oxygens (including phenoxy) is 2. The first kappa shape index (κ1) is 76.2. The first-order valence-electron chi connectivity index (χ1n) is 34.6. The van der Waals surface area contributed by atoms with Crippen LogP contribution < -0.4 is 9.31 Å². The number of hydrogen-bond donors (Lipinski definition) is 1. The van der Waals surface area contributed by atoms with E-state index >= 15 is 0 Å². The van der Waals surface area contributed by atoms with Crippen molar-refractivity contribution in [3.8, 4) is 11.5 Å². The Morgan fingerprint density at radius 1 is 0.660 bits per heavy atom. The van der Waals surface area contributed by atoms with Crippen molar-refractivity contribution in [1.29, 1.82) is 0 Å². The molecule has 1 radical (unpaired) electrons. The Labute approximate surface area is 594 Å². The van der Waals surface area contributed by atoms with Crippen molar-refractivity contribution in [2.75, 3.05) is 27.3 Å². The van der Waals surface area contributed by atoms with Crippen LogP contribution >= 0.6 is 22.7 Å². The van der Waals surface area contributed by atoms with Crippen molar-refractivity contribution in [3.63, 3.8) is 0 Å². The molecule has 2 aromatic heterocycles. The summed E-state index contributed by atoms with van der Waals surface area (Å²) in [6.07, 6.45) is 14.2. The number of fused-ring (bicyclic) bond motifs is 2. The Hall–Kier alpha value is -7.94. The molecule has 1 saturated carbocycles. The van der Waals surface area contributed by atoms with E-state index in [1.165, 1.54) is 96.7 Å². The largest absolute Gasteiger partial charge is 0.658 e. The Morgan fingerprint density at radius 3 is 1.73 bits per heavy atom. The summed E-state index contributed by atoms with van der Waals surface area (Å²) in [6, 6.07) is 55.8. The lowest BCUT2D eigenvalue weighted by Gasteiger charge is -2.36. The molecule has 1 amide bonds. The van der Waals surface area contributed by atoms with Gasteiger partial charge in [-0.05, 0) is 173 Å². The molecular weight excluding hydrogens is 1310 g/mol. The van der Waals surface area contributed by atoms with E-state index in [1.807, 2.05) is 86.6 Å². The van der Waals surface area contributed by atoms with Crippen LogP contribution in [0.1, 0.15) is 136 Å². The maximum atomic E-state index is 14.2. The summed E-state index contributed by atoms with van der Waals surface area (Å²) in [6.45, 7) is 7.31. The Bertz CT molecular complexity index is 3760. The molecule has 1 unspecified atom stereocenters. The smallest absolute Gasteiger partial charge is 0.524 e. The van der Waals surface area contributed by atoms with Crippen molar-refractivity contribution in [3.05, 3.63) is 236 Å². The number of benzene rings is 5. The second kappa shape index (κ2) is 36.6. The van der Waals surface area contributed by atoms with E-state index in [-0.39, 0.29) is 36.8 Å². The molecule has 4 fully saturated rings. The molecular formula is C79H89B2F4N2O11S2. The lowest BCUT2D eigenvalue weighted by atomic mass is 9.79. The fourth-order valence-corrected chi connectivity index (χ4v) is 15.7. The number of alkyl halides is 4. The predicted octanol–water partition coefficient (Wildman–Crippen LogP) is 16.3. The number of esters is 2. The molecule has 21 heteroatoms. The molecule has 100 heavy (non-hydrogen) atoms. The van der Waals surface area contributed by atoms with Gasteiger partial charge in [0.2, 0.25) is 5.78 Å². The first-order valence-corrected chi connectivity index (χ1v) is 36.2. The molecule has 13 nitrogen and oxygen atoms in total. The van der Waals surface area contributed by atoms with E-state index in [2.05, 4.69) is 96.6 Å². The second-order valence-corrected chi connectivity index (χ2v) is 28.5. The zero-order valence-electron chi connectivity index (χ0n) is 57.4. The van der Waals surface area contributed by atoms with Gasteiger partial charge in [0.15, 0.2) is 5.78 Å². The Balaban J connectivity index is 0.000000168. The van der Waals surface area contributed by atoms with Crippen LogP contribution in [0.25, 0.3) is 0 Å². The number of allylic oxidation sites excluding steroid dienone is 2. The van der Waals surface area contributed by atoms with Crippen LogP contribution in [0.15, 0.2) is 194 Å². The van der Waals surface area contributed by atoms with Gasteiger partial charge in [-0.25, -0.2) is 9.59 Å². The highest BCUT2D eigenvalue weighted by atomic mass is 32.1. The Morgan fingerprint density at radius 2 is 1.18 bits per heavy atom. The lowest BCUT2D eigenvalue weighted by molar-refractivity contribution is -0.148. The number of ketones is 2. The number of para-hydroxylation sites is 2. The molecule has 7 aromatic rings. The number of thiophene rings is 2. The van der Waals surface area contributed by atoms with E-state index in [0.29, 0.717) is 47.9 Å². The molecule has 5 aliphatic rings. The number of nitrogens with zero attached hydrogens (tertiary/aromatic N) is 2. The molecule has 6 heterocycles. The third-order valence-corrected chi connectivity index (χ3v) is 21.5. The van der Waals surface area contributed by atoms with Gasteiger partial charge in [-0.1, -0.05) is 166 Å². The number of carbonyl (C=O) groups excluding carboxylic acids is 5. The van der Waals surface area contributed by atoms with E-state index in [4.69, 9.17) is 23.4 Å². The van der Waals surface area contributed by atoms with Gasteiger partial charge in [0.1, 0.15) is 26.9 Å². The van der Waals surface area contributed by atoms with E-state index in [1.54, 1.807) is 24.3 Å². The van der Waals surface area contributed by atoms with Crippen molar-refractivity contribution in [2.24, 2.45) is 23.7 Å². The number of Topliss-reactive ketones (excluding diaryl/α,β-unsaturated/α-hetero) is 1. The zero-order valence-corrected chi connectivity index (χ0v) is 59.1. The quantitative estimate of drug-likeness (QED) is 0.0180. The minimum atomic E-state index is -3.40. The zero-order chi connectivity index (χ0) is 71.2. The summed E-state index contributed by atoms with van der Waals surface area (Å²) in [5.41, 5.74) is 4.70. The molecule has 0 spiro atoms. The number of carbonyl (C=O) groups is 5. The maximum Gasteiger partial charge on any atom is 0.658 e. The molecule has 5 aromatic carbocycles. The van der Waals surface area contributed by atoms with E-state index in [9.17, 15) is 46.6 Å². The minimum absolute atomic E-state index is 0.0242. The number of aliphatic hydroxyl groups is 1. The van der Waals surface area contributed by atoms with Gasteiger partial charge in [-0.3, -0.25) is 14.4 Å². The average Bonchev–Trinajstić information content (AvgIpc) is 1.56. The number of likely N-dealkylation sites (tertiary alicyclic amines) is 1. The van der Waals surface area contributed by atoms with Crippen LogP contribution in [0.3, 0.4) is 0 Å². The summed E-state index contributed by atoms with van der Waals surface area (Å²) in [4.78, 5) is 67.0. The van der Waals surface area contributed by atoms with Crippen LogP contribution in [0.4, 0.5) is 17.6 Å². The fraction of sp³-hybridized carbons (Fsp3) is 0.405. The van der Waals surface area contributed by atoms with Gasteiger partial charge >= 0.3 is 38.5 Å². The van der Waals surface area contributed by atoms with Crippen LogP contribution in [0.2, 0.25) is 6.82 Å². The summed E-state index contributed by atoms with van der Waals surface area (Å²) < 4.78 is 82.7. The number of aryl methyl sites for hydroxylation is 4. The maximum absolute atomic E-state index is 14.2. The molecule has 1 aliphatic carbocycles. The Kier molecular flexibility index (Phi) is 27.9. The van der Waals surface area contributed by atoms with Gasteiger partial charge in [0, 0.05) is 47.0 Å². The van der Waals surface area contributed by atoms with Crippen molar-refractivity contribution >= 4 is 66.8 Å². The van der Waals surface area contributed by atoms with Crippen LogP contribution in [-0.4, -0.2) is 116 Å². The number of halogens is 4. The second-order valence-electron chi connectivity index (χ2n) is 26.2. The van der Waals surface area contributed by atoms with Gasteiger partial charge in [0.05, 0.1) is 26.4 Å². The first-order chi connectivity index (χ1) is 48.2. The SMILES string of the molecule is CB1OC(c2ccccc2)(c2ccccc2)[C@H]2CCCN12.COC(=O)c1ccc(CCCC2C(=O)C(F)(F)C[C@@H]2/C=C/C(=O)[C@@H](C)CCCc2ccccc2)s1.COC(=O)c1ccc(CCCN2C(=O)C(F)(F)C[C@@H]2/C=C/[C@@H](O)[C@H](C)CCCc2ccccc2)s1.[B]1Oc2ccccc2O1. The van der Waals surface area contributed by atoms with Crippen molar-refractivity contribution in [1.82, 2.24) is 9.71 Å². The van der Waals surface area contributed by atoms with Gasteiger partial charge < -0.3 is 38.3 Å². The van der Waals surface area contributed by atoms with Crippen LogP contribution in [-0.2, 0) is 59.8 Å². The molecule has 4 aliphatic heterocycles. The lowest BCUT2D eigenvalue weighted by Crippen LogP contribution is -2.41. The highest BCUT2D eigenvalue weighted by Crippen LogP contribution is 2.49. The topological polar surface area (TPSA) is 158 Å². The van der Waals surface area contributed by atoms with Gasteiger partial charge in [-0.2, -0.15) is 17.6 Å². The monoisotopic (exact) mass is 1400 g/mol. The van der Waals surface area contributed by atoms with E-state index in [0.717, 1.165) is 66.3 Å². The number of methoxy groups -OCH3 is 2. The highest BCUT2D eigenvalue weighted by molar-refractivity contribution is 7.14.